The number of halogens is 1. The van der Waals surface area contributed by atoms with Gasteiger partial charge in [0, 0.05) is 18.0 Å². The zero-order chi connectivity index (χ0) is 15.4. The summed E-state index contributed by atoms with van der Waals surface area (Å²) >= 11 is 6.21. The van der Waals surface area contributed by atoms with Gasteiger partial charge in [0.1, 0.15) is 0 Å². The molecule has 2 rings (SSSR count). The van der Waals surface area contributed by atoms with Crippen LogP contribution in [0.15, 0.2) is 12.1 Å². The minimum absolute atomic E-state index is 0.131. The molecule has 1 aromatic carbocycles. The van der Waals surface area contributed by atoms with Gasteiger partial charge in [-0.1, -0.05) is 32.4 Å². The molecule has 21 heavy (non-hydrogen) atoms. The van der Waals surface area contributed by atoms with E-state index in [1.165, 1.54) is 0 Å². The Kier molecular flexibility index (Phi) is 5.34. The number of carbonyl (C=O) groups excluding carboxylic acids is 1. The second kappa shape index (κ2) is 7.03. The summed E-state index contributed by atoms with van der Waals surface area (Å²) in [5, 5.41) is 3.45. The standard InChI is InChI=1S/C16H22ClNO3/c1-4-13(10(2)3)18-16(19)11-8-12(17)15-14(9-11)20-6-5-7-21-15/h8-10,13H,4-7H2,1-3H3,(H,18,19)/t13-/m0/s1. The SMILES string of the molecule is CC[C@H](NC(=O)c1cc(Cl)c2c(c1)OCCCO2)C(C)C. The van der Waals surface area contributed by atoms with Gasteiger partial charge in [-0.2, -0.15) is 0 Å². The van der Waals surface area contributed by atoms with E-state index < -0.39 is 0 Å². The fourth-order valence-electron chi connectivity index (χ4n) is 2.35. The van der Waals surface area contributed by atoms with Crippen molar-refractivity contribution in [1.82, 2.24) is 5.32 Å². The molecule has 1 aliphatic rings. The largest absolute Gasteiger partial charge is 0.489 e. The third kappa shape index (κ3) is 3.82. The van der Waals surface area contributed by atoms with Crippen molar-refractivity contribution in [1.29, 1.82) is 0 Å². The Morgan fingerprint density at radius 1 is 1.33 bits per heavy atom. The summed E-state index contributed by atoms with van der Waals surface area (Å²) in [6, 6.07) is 3.49. The lowest BCUT2D eigenvalue weighted by Gasteiger charge is -2.21. The molecule has 0 saturated carbocycles. The first kappa shape index (κ1) is 16.0. The summed E-state index contributed by atoms with van der Waals surface area (Å²) in [7, 11) is 0. The predicted molar refractivity (Wildman–Crippen MR) is 83.4 cm³/mol. The number of hydrogen-bond donors (Lipinski definition) is 1. The molecule has 1 atom stereocenters. The Morgan fingerprint density at radius 3 is 2.71 bits per heavy atom. The molecule has 1 heterocycles. The van der Waals surface area contributed by atoms with E-state index in [2.05, 4.69) is 26.1 Å². The minimum atomic E-state index is -0.131. The van der Waals surface area contributed by atoms with Crippen LogP contribution in [-0.4, -0.2) is 25.2 Å². The quantitative estimate of drug-likeness (QED) is 0.923. The number of amides is 1. The van der Waals surface area contributed by atoms with Crippen LogP contribution >= 0.6 is 11.6 Å². The fourth-order valence-corrected chi connectivity index (χ4v) is 2.62. The van der Waals surface area contributed by atoms with Crippen LogP contribution in [0.1, 0.15) is 44.0 Å². The van der Waals surface area contributed by atoms with Gasteiger partial charge in [0.15, 0.2) is 11.5 Å². The summed E-state index contributed by atoms with van der Waals surface area (Å²) in [6.07, 6.45) is 1.69. The van der Waals surface area contributed by atoms with Crippen molar-refractivity contribution in [3.05, 3.63) is 22.7 Å². The number of benzene rings is 1. The van der Waals surface area contributed by atoms with Crippen molar-refractivity contribution in [2.24, 2.45) is 5.92 Å². The molecule has 116 valence electrons. The molecule has 5 heteroatoms. The van der Waals surface area contributed by atoms with Gasteiger partial charge >= 0.3 is 0 Å². The maximum absolute atomic E-state index is 12.4. The van der Waals surface area contributed by atoms with E-state index in [-0.39, 0.29) is 11.9 Å². The molecule has 0 aliphatic carbocycles. The zero-order valence-electron chi connectivity index (χ0n) is 12.7. The Balaban J connectivity index is 2.22. The average Bonchev–Trinajstić information content (AvgIpc) is 2.69. The van der Waals surface area contributed by atoms with Crippen molar-refractivity contribution in [2.45, 2.75) is 39.7 Å². The van der Waals surface area contributed by atoms with Gasteiger partial charge in [-0.15, -0.1) is 0 Å². The van der Waals surface area contributed by atoms with Crippen molar-refractivity contribution < 1.29 is 14.3 Å². The van der Waals surface area contributed by atoms with Crippen LogP contribution in [0, 0.1) is 5.92 Å². The zero-order valence-corrected chi connectivity index (χ0v) is 13.5. The van der Waals surface area contributed by atoms with Gasteiger partial charge in [-0.25, -0.2) is 0 Å². The Bertz CT molecular complexity index is 516. The molecular weight excluding hydrogens is 290 g/mol. The Hall–Kier alpha value is -1.42. The van der Waals surface area contributed by atoms with Crippen molar-refractivity contribution in [2.75, 3.05) is 13.2 Å². The van der Waals surface area contributed by atoms with Gasteiger partial charge in [0.05, 0.1) is 18.2 Å². The van der Waals surface area contributed by atoms with E-state index >= 15 is 0 Å². The molecule has 0 saturated heterocycles. The summed E-state index contributed by atoms with van der Waals surface area (Å²) in [5.41, 5.74) is 0.503. The normalized spacial score (nSPS) is 15.5. The van der Waals surface area contributed by atoms with Crippen LogP contribution < -0.4 is 14.8 Å². The smallest absolute Gasteiger partial charge is 0.251 e. The fraction of sp³-hybridized carbons (Fsp3) is 0.562. The average molecular weight is 312 g/mol. The van der Waals surface area contributed by atoms with Gasteiger partial charge in [0.25, 0.3) is 5.91 Å². The molecule has 4 nitrogen and oxygen atoms in total. The van der Waals surface area contributed by atoms with Gasteiger partial charge in [-0.05, 0) is 24.5 Å². The van der Waals surface area contributed by atoms with E-state index in [1.807, 2.05) is 0 Å². The molecule has 0 bridgehead atoms. The molecule has 1 N–H and O–H groups in total. The minimum Gasteiger partial charge on any atom is -0.489 e. The lowest BCUT2D eigenvalue weighted by atomic mass is 10.0. The number of ether oxygens (including phenoxy) is 2. The van der Waals surface area contributed by atoms with Gasteiger partial charge < -0.3 is 14.8 Å². The highest BCUT2D eigenvalue weighted by molar-refractivity contribution is 6.32. The highest BCUT2D eigenvalue weighted by Crippen LogP contribution is 2.38. The monoisotopic (exact) mass is 311 g/mol. The summed E-state index contributed by atoms with van der Waals surface area (Å²) in [6.45, 7) is 7.39. The number of rotatable bonds is 4. The first-order valence-corrected chi connectivity index (χ1v) is 7.80. The summed E-state index contributed by atoms with van der Waals surface area (Å²) in [5.74, 6) is 1.33. The van der Waals surface area contributed by atoms with Crippen molar-refractivity contribution in [3.63, 3.8) is 0 Å². The van der Waals surface area contributed by atoms with Crippen LogP contribution in [0.2, 0.25) is 5.02 Å². The lowest BCUT2D eigenvalue weighted by Crippen LogP contribution is -2.38. The molecule has 0 spiro atoms. The number of nitrogens with one attached hydrogen (secondary N) is 1. The molecule has 1 aliphatic heterocycles. The molecule has 0 fully saturated rings. The summed E-state index contributed by atoms with van der Waals surface area (Å²) in [4.78, 5) is 12.4. The molecular formula is C16H22ClNO3. The van der Waals surface area contributed by atoms with Crippen LogP contribution in [-0.2, 0) is 0 Å². The van der Waals surface area contributed by atoms with Crippen molar-refractivity contribution in [3.8, 4) is 11.5 Å². The number of carbonyl (C=O) groups is 1. The highest BCUT2D eigenvalue weighted by Gasteiger charge is 2.20. The van der Waals surface area contributed by atoms with E-state index in [9.17, 15) is 4.79 Å². The predicted octanol–water partition coefficient (Wildman–Crippen LogP) is 3.67. The van der Waals surface area contributed by atoms with E-state index in [0.717, 1.165) is 12.8 Å². The van der Waals surface area contributed by atoms with Crippen LogP contribution in [0.4, 0.5) is 0 Å². The second-order valence-electron chi connectivity index (χ2n) is 5.57. The third-order valence-corrected chi connectivity index (χ3v) is 3.91. The Labute approximate surface area is 130 Å². The van der Waals surface area contributed by atoms with Crippen LogP contribution in [0.5, 0.6) is 11.5 Å². The van der Waals surface area contributed by atoms with Crippen molar-refractivity contribution >= 4 is 17.5 Å². The number of hydrogen-bond acceptors (Lipinski definition) is 3. The molecule has 0 unspecified atom stereocenters. The molecule has 0 aromatic heterocycles. The lowest BCUT2D eigenvalue weighted by molar-refractivity contribution is 0.0924. The molecule has 1 aromatic rings. The van der Waals surface area contributed by atoms with Gasteiger partial charge in [-0.3, -0.25) is 4.79 Å². The highest BCUT2D eigenvalue weighted by atomic mass is 35.5. The Morgan fingerprint density at radius 2 is 2.05 bits per heavy atom. The first-order valence-electron chi connectivity index (χ1n) is 7.43. The third-order valence-electron chi connectivity index (χ3n) is 3.63. The second-order valence-corrected chi connectivity index (χ2v) is 5.98. The maximum atomic E-state index is 12.4. The van der Waals surface area contributed by atoms with E-state index in [4.69, 9.17) is 21.1 Å². The maximum Gasteiger partial charge on any atom is 0.251 e. The van der Waals surface area contributed by atoms with Gasteiger partial charge in [0.2, 0.25) is 0 Å². The first-order chi connectivity index (χ1) is 10.0. The van der Waals surface area contributed by atoms with Crippen LogP contribution in [0.25, 0.3) is 0 Å². The topological polar surface area (TPSA) is 47.6 Å². The molecule has 1 amide bonds. The number of fused-ring (bicyclic) bond motifs is 1. The van der Waals surface area contributed by atoms with E-state index in [1.54, 1.807) is 12.1 Å². The summed E-state index contributed by atoms with van der Waals surface area (Å²) < 4.78 is 11.2. The van der Waals surface area contributed by atoms with Crippen LogP contribution in [0.3, 0.4) is 0 Å². The van der Waals surface area contributed by atoms with E-state index in [0.29, 0.717) is 41.2 Å². The molecule has 0 radical (unpaired) electrons.